The second-order valence-electron chi connectivity index (χ2n) is 4.61. The molecule has 0 fully saturated rings. The maximum atomic E-state index is 9.65. The number of rotatable bonds is 8. The van der Waals surface area contributed by atoms with Crippen molar-refractivity contribution in [1.29, 1.82) is 0 Å². The van der Waals surface area contributed by atoms with Gasteiger partial charge in [0.25, 0.3) is 0 Å². The van der Waals surface area contributed by atoms with Crippen LogP contribution in [0.1, 0.15) is 25.5 Å². The van der Waals surface area contributed by atoms with Crippen LogP contribution >= 0.6 is 0 Å². The molecule has 0 bridgehead atoms. The number of aliphatic hydroxyl groups is 1. The summed E-state index contributed by atoms with van der Waals surface area (Å²) in [5.41, 5.74) is 0.858. The van der Waals surface area contributed by atoms with E-state index in [9.17, 15) is 5.11 Å². The molecule has 0 aromatic carbocycles. The minimum atomic E-state index is -0.497. The molecule has 1 unspecified atom stereocenters. The topological polar surface area (TPSA) is 54.8 Å². The highest BCUT2D eigenvalue weighted by molar-refractivity contribution is 5.42. The molecule has 0 amide bonds. The molecular weight excluding hydrogens is 244 g/mol. The Morgan fingerprint density at radius 3 is 2.63 bits per heavy atom. The van der Waals surface area contributed by atoms with Crippen LogP contribution in [0.4, 0.5) is 5.82 Å². The number of hydrogen-bond acceptors (Lipinski definition) is 5. The minimum absolute atomic E-state index is 0.192. The van der Waals surface area contributed by atoms with Crippen molar-refractivity contribution in [3.8, 4) is 0 Å². The summed E-state index contributed by atoms with van der Waals surface area (Å²) in [6, 6.07) is 3.92. The van der Waals surface area contributed by atoms with Gasteiger partial charge >= 0.3 is 0 Å². The molecule has 2 atom stereocenters. The minimum Gasteiger partial charge on any atom is -0.389 e. The number of anilines is 1. The van der Waals surface area contributed by atoms with Gasteiger partial charge in [-0.05, 0) is 31.5 Å². The predicted molar refractivity (Wildman–Crippen MR) is 75.4 cm³/mol. The molecule has 108 valence electrons. The first-order valence-corrected chi connectivity index (χ1v) is 6.48. The van der Waals surface area contributed by atoms with Gasteiger partial charge in [-0.2, -0.15) is 0 Å². The molecule has 1 aromatic heterocycles. The molecule has 0 saturated heterocycles. The fourth-order valence-electron chi connectivity index (χ4n) is 1.93. The maximum absolute atomic E-state index is 9.65. The Labute approximate surface area is 115 Å². The molecule has 0 aliphatic heterocycles. The third-order valence-electron chi connectivity index (χ3n) is 3.02. The van der Waals surface area contributed by atoms with Gasteiger partial charge in [-0.25, -0.2) is 4.98 Å². The zero-order chi connectivity index (χ0) is 14.3. The molecule has 0 aliphatic rings. The zero-order valence-corrected chi connectivity index (χ0v) is 12.2. The first-order valence-electron chi connectivity index (χ1n) is 6.48. The second-order valence-corrected chi connectivity index (χ2v) is 4.61. The van der Waals surface area contributed by atoms with Crippen molar-refractivity contribution in [2.45, 2.75) is 26.0 Å². The van der Waals surface area contributed by atoms with Crippen LogP contribution in [0, 0.1) is 0 Å². The smallest absolute Gasteiger partial charge is 0.129 e. The molecule has 0 radical (unpaired) electrons. The van der Waals surface area contributed by atoms with E-state index in [2.05, 4.69) is 16.8 Å². The molecule has 1 heterocycles. The van der Waals surface area contributed by atoms with Crippen molar-refractivity contribution in [2.24, 2.45) is 0 Å². The summed E-state index contributed by atoms with van der Waals surface area (Å²) in [5, 5.41) is 9.65. The Balaban J connectivity index is 2.92. The third-order valence-corrected chi connectivity index (χ3v) is 3.02. The Kier molecular flexibility index (Phi) is 6.77. The van der Waals surface area contributed by atoms with E-state index in [1.165, 1.54) is 0 Å². The van der Waals surface area contributed by atoms with Gasteiger partial charge in [0, 0.05) is 27.0 Å². The highest BCUT2D eigenvalue weighted by Crippen LogP contribution is 2.19. The number of aromatic nitrogens is 1. The number of ether oxygens (including phenoxy) is 2. The normalized spacial score (nSPS) is 14.2. The molecule has 19 heavy (non-hydrogen) atoms. The van der Waals surface area contributed by atoms with Crippen LogP contribution in [0.2, 0.25) is 0 Å². The monoisotopic (exact) mass is 268 g/mol. The molecule has 0 saturated carbocycles. The van der Waals surface area contributed by atoms with Crippen LogP contribution in [-0.4, -0.2) is 50.1 Å². The number of hydrogen-bond donors (Lipinski definition) is 1. The first kappa shape index (κ1) is 15.9. The van der Waals surface area contributed by atoms with Crippen molar-refractivity contribution in [2.75, 3.05) is 38.9 Å². The van der Waals surface area contributed by atoms with Crippen LogP contribution in [0.3, 0.4) is 0 Å². The van der Waals surface area contributed by atoms with E-state index >= 15 is 0 Å². The van der Waals surface area contributed by atoms with Gasteiger partial charge in [-0.15, -0.1) is 0 Å². The number of pyridine rings is 1. The summed E-state index contributed by atoms with van der Waals surface area (Å²) in [7, 11) is 3.36. The molecule has 0 spiro atoms. The lowest BCUT2D eigenvalue weighted by atomic mass is 10.1. The van der Waals surface area contributed by atoms with Crippen molar-refractivity contribution in [1.82, 2.24) is 4.98 Å². The van der Waals surface area contributed by atoms with E-state index in [0.717, 1.165) is 17.9 Å². The van der Waals surface area contributed by atoms with Crippen LogP contribution in [0.5, 0.6) is 0 Å². The van der Waals surface area contributed by atoms with Crippen LogP contribution in [0.15, 0.2) is 18.3 Å². The van der Waals surface area contributed by atoms with E-state index in [4.69, 9.17) is 9.47 Å². The molecule has 1 aromatic rings. The van der Waals surface area contributed by atoms with Gasteiger partial charge < -0.3 is 19.5 Å². The standard InChI is InChI=1S/C14H24N2O3/c1-11(10-19-4)16(7-8-18-3)14-9-13(12(2)17)5-6-15-14/h5-6,9,11-12,17H,7-8,10H2,1-4H3/t11?,12-/m0/s1. The van der Waals surface area contributed by atoms with Gasteiger partial charge in [-0.3, -0.25) is 0 Å². The third kappa shape index (κ3) is 4.78. The van der Waals surface area contributed by atoms with Crippen LogP contribution in [0.25, 0.3) is 0 Å². The molecule has 5 nitrogen and oxygen atoms in total. The van der Waals surface area contributed by atoms with Gasteiger partial charge in [0.1, 0.15) is 5.82 Å². The van der Waals surface area contributed by atoms with Crippen LogP contribution in [-0.2, 0) is 9.47 Å². The quantitative estimate of drug-likeness (QED) is 0.776. The molecule has 5 heteroatoms. The lowest BCUT2D eigenvalue weighted by Gasteiger charge is -2.30. The Morgan fingerprint density at radius 2 is 2.05 bits per heavy atom. The van der Waals surface area contributed by atoms with Crippen molar-refractivity contribution < 1.29 is 14.6 Å². The van der Waals surface area contributed by atoms with Gasteiger partial charge in [0.15, 0.2) is 0 Å². The van der Waals surface area contributed by atoms with E-state index in [1.54, 1.807) is 27.3 Å². The maximum Gasteiger partial charge on any atom is 0.129 e. The van der Waals surface area contributed by atoms with Crippen molar-refractivity contribution >= 4 is 5.82 Å². The average Bonchev–Trinajstić information content (AvgIpc) is 2.40. The highest BCUT2D eigenvalue weighted by Gasteiger charge is 2.16. The van der Waals surface area contributed by atoms with Gasteiger partial charge in [0.05, 0.1) is 25.4 Å². The zero-order valence-electron chi connectivity index (χ0n) is 12.2. The fourth-order valence-corrected chi connectivity index (χ4v) is 1.93. The summed E-state index contributed by atoms with van der Waals surface area (Å²) in [6.45, 7) is 5.79. The number of aliphatic hydroxyl groups excluding tert-OH is 1. The van der Waals surface area contributed by atoms with E-state index in [-0.39, 0.29) is 6.04 Å². The lowest BCUT2D eigenvalue weighted by Crippen LogP contribution is -2.39. The Bertz CT molecular complexity index is 371. The van der Waals surface area contributed by atoms with Gasteiger partial charge in [0.2, 0.25) is 0 Å². The molecule has 1 N–H and O–H groups in total. The summed E-state index contributed by atoms with van der Waals surface area (Å²) in [5.74, 6) is 0.833. The highest BCUT2D eigenvalue weighted by atomic mass is 16.5. The van der Waals surface area contributed by atoms with E-state index < -0.39 is 6.10 Å². The van der Waals surface area contributed by atoms with E-state index in [0.29, 0.717) is 13.2 Å². The predicted octanol–water partition coefficient (Wildman–Crippen LogP) is 1.62. The van der Waals surface area contributed by atoms with Gasteiger partial charge in [-0.1, -0.05) is 0 Å². The second kappa shape index (κ2) is 8.09. The largest absolute Gasteiger partial charge is 0.389 e. The lowest BCUT2D eigenvalue weighted by molar-refractivity contribution is 0.170. The number of nitrogens with zero attached hydrogens (tertiary/aromatic N) is 2. The summed E-state index contributed by atoms with van der Waals surface area (Å²) in [6.07, 6.45) is 1.22. The van der Waals surface area contributed by atoms with Crippen molar-refractivity contribution in [3.63, 3.8) is 0 Å². The summed E-state index contributed by atoms with van der Waals surface area (Å²) < 4.78 is 10.3. The Morgan fingerprint density at radius 1 is 1.32 bits per heavy atom. The SMILES string of the molecule is COCCN(c1cc([C@H](C)O)ccn1)C(C)COC. The first-order chi connectivity index (χ1) is 9.10. The molecule has 0 aliphatic carbocycles. The Hall–Kier alpha value is -1.17. The number of methoxy groups -OCH3 is 2. The van der Waals surface area contributed by atoms with E-state index in [1.807, 2.05) is 12.1 Å². The van der Waals surface area contributed by atoms with Crippen molar-refractivity contribution in [3.05, 3.63) is 23.9 Å². The summed E-state index contributed by atoms with van der Waals surface area (Å²) in [4.78, 5) is 6.51. The summed E-state index contributed by atoms with van der Waals surface area (Å²) >= 11 is 0. The van der Waals surface area contributed by atoms with Crippen LogP contribution < -0.4 is 4.90 Å². The average molecular weight is 268 g/mol. The molecule has 1 rings (SSSR count). The fraction of sp³-hybridized carbons (Fsp3) is 0.643. The molecular formula is C14H24N2O3.